The van der Waals surface area contributed by atoms with Gasteiger partial charge in [-0.1, -0.05) is 23.7 Å². The van der Waals surface area contributed by atoms with Crippen molar-refractivity contribution < 1.29 is 17.9 Å². The largest absolute Gasteiger partial charge is 0.469 e. The normalized spacial score (nSPS) is 16.5. The highest BCUT2D eigenvalue weighted by Gasteiger charge is 2.41. The van der Waals surface area contributed by atoms with Crippen molar-refractivity contribution in [1.29, 1.82) is 0 Å². The smallest absolute Gasteiger partial charge is 0.311 e. The molecule has 1 aliphatic heterocycles. The maximum atomic E-state index is 12.7. The number of carbonyl (C=O) groups is 1. The Kier molecular flexibility index (Phi) is 3.80. The Balaban J connectivity index is 1.98. The van der Waals surface area contributed by atoms with Crippen molar-refractivity contribution in [2.45, 2.75) is 4.90 Å². The second-order valence-electron chi connectivity index (χ2n) is 5.00. The van der Waals surface area contributed by atoms with Crippen LogP contribution in [0.3, 0.4) is 0 Å². The summed E-state index contributed by atoms with van der Waals surface area (Å²) in [6.45, 7) is 0.258. The van der Waals surface area contributed by atoms with Gasteiger partial charge in [0.1, 0.15) is 5.15 Å². The molecule has 0 atom stereocenters. The second-order valence-corrected chi connectivity index (χ2v) is 7.26. The number of hydrogen-bond donors (Lipinski definition) is 0. The van der Waals surface area contributed by atoms with Gasteiger partial charge >= 0.3 is 5.97 Å². The van der Waals surface area contributed by atoms with E-state index in [1.807, 2.05) is 0 Å². The van der Waals surface area contributed by atoms with Crippen molar-refractivity contribution in [3.63, 3.8) is 0 Å². The van der Waals surface area contributed by atoms with E-state index in [0.717, 1.165) is 0 Å². The number of esters is 1. The van der Waals surface area contributed by atoms with E-state index in [9.17, 15) is 13.2 Å². The van der Waals surface area contributed by atoms with E-state index in [1.54, 1.807) is 18.2 Å². The Bertz CT molecular complexity index is 847. The van der Waals surface area contributed by atoms with Gasteiger partial charge in [0, 0.05) is 30.1 Å². The highest BCUT2D eigenvalue weighted by Crippen LogP contribution is 2.32. The van der Waals surface area contributed by atoms with Crippen LogP contribution in [-0.4, -0.2) is 43.9 Å². The quantitative estimate of drug-likeness (QED) is 0.627. The maximum absolute atomic E-state index is 12.7. The van der Waals surface area contributed by atoms with Crippen LogP contribution in [0.1, 0.15) is 0 Å². The molecule has 0 unspecified atom stereocenters. The molecular weight excluding hydrogens is 328 g/mol. The molecule has 0 radical (unpaired) electrons. The second kappa shape index (κ2) is 5.49. The lowest BCUT2D eigenvalue weighted by molar-refractivity contribution is -0.149. The first-order chi connectivity index (χ1) is 10.4. The molecule has 0 bridgehead atoms. The minimum absolute atomic E-state index is 0.129. The molecule has 8 heteroatoms. The molecule has 22 heavy (non-hydrogen) atoms. The summed E-state index contributed by atoms with van der Waals surface area (Å²) in [5, 5.41) is 1.35. The van der Waals surface area contributed by atoms with Gasteiger partial charge in [0.15, 0.2) is 0 Å². The van der Waals surface area contributed by atoms with Gasteiger partial charge < -0.3 is 4.74 Å². The predicted octanol–water partition coefficient (Wildman–Crippen LogP) is 1.68. The van der Waals surface area contributed by atoms with E-state index < -0.39 is 21.9 Å². The Morgan fingerprint density at radius 2 is 2.05 bits per heavy atom. The van der Waals surface area contributed by atoms with Crippen molar-refractivity contribution >= 4 is 38.4 Å². The zero-order valence-electron chi connectivity index (χ0n) is 11.7. The highest BCUT2D eigenvalue weighted by atomic mass is 35.5. The van der Waals surface area contributed by atoms with Crippen molar-refractivity contribution in [2.75, 3.05) is 20.2 Å². The average molecular weight is 341 g/mol. The Hall–Kier alpha value is -1.70. The van der Waals surface area contributed by atoms with Gasteiger partial charge in [0.05, 0.1) is 17.9 Å². The number of benzene rings is 1. The molecule has 116 valence electrons. The van der Waals surface area contributed by atoms with Crippen LogP contribution in [0.5, 0.6) is 0 Å². The molecule has 1 saturated heterocycles. The average Bonchev–Trinajstić information content (AvgIpc) is 2.45. The van der Waals surface area contributed by atoms with Crippen LogP contribution >= 0.6 is 11.6 Å². The topological polar surface area (TPSA) is 76.6 Å². The molecular formula is C14H13ClN2O4S. The maximum Gasteiger partial charge on any atom is 0.311 e. The van der Waals surface area contributed by atoms with Crippen LogP contribution < -0.4 is 0 Å². The molecule has 1 fully saturated rings. The molecule has 0 spiro atoms. The SMILES string of the molecule is COC(=O)C1CN(S(=O)(=O)c2cccc3c(Cl)nccc23)C1. The van der Waals surface area contributed by atoms with Crippen LogP contribution in [0.2, 0.25) is 5.15 Å². The third kappa shape index (κ3) is 2.35. The zero-order chi connectivity index (χ0) is 15.9. The van der Waals surface area contributed by atoms with E-state index in [1.165, 1.54) is 23.7 Å². The number of ether oxygens (including phenoxy) is 1. The fraction of sp³-hybridized carbons (Fsp3) is 0.286. The van der Waals surface area contributed by atoms with Gasteiger partial charge in [-0.25, -0.2) is 13.4 Å². The van der Waals surface area contributed by atoms with Crippen molar-refractivity contribution in [2.24, 2.45) is 5.92 Å². The highest BCUT2D eigenvalue weighted by molar-refractivity contribution is 7.89. The Morgan fingerprint density at radius 1 is 1.32 bits per heavy atom. The zero-order valence-corrected chi connectivity index (χ0v) is 13.3. The van der Waals surface area contributed by atoms with Crippen LogP contribution in [-0.2, 0) is 19.6 Å². The number of methoxy groups -OCH3 is 1. The van der Waals surface area contributed by atoms with Gasteiger partial charge in [0.2, 0.25) is 10.0 Å². The Morgan fingerprint density at radius 3 is 2.73 bits per heavy atom. The number of rotatable bonds is 3. The minimum Gasteiger partial charge on any atom is -0.469 e. The molecule has 0 aliphatic carbocycles. The number of pyridine rings is 1. The summed E-state index contributed by atoms with van der Waals surface area (Å²) < 4.78 is 31.3. The van der Waals surface area contributed by atoms with E-state index >= 15 is 0 Å². The Labute approximate surface area is 132 Å². The fourth-order valence-electron chi connectivity index (χ4n) is 2.46. The lowest BCUT2D eigenvalue weighted by atomic mass is 10.0. The lowest BCUT2D eigenvalue weighted by Gasteiger charge is -2.36. The predicted molar refractivity (Wildman–Crippen MR) is 81.0 cm³/mol. The van der Waals surface area contributed by atoms with Crippen LogP contribution in [0.15, 0.2) is 35.4 Å². The lowest BCUT2D eigenvalue weighted by Crippen LogP contribution is -2.53. The molecule has 3 rings (SSSR count). The number of hydrogen-bond acceptors (Lipinski definition) is 5. The summed E-state index contributed by atoms with van der Waals surface area (Å²) in [6, 6.07) is 6.49. The van der Waals surface area contributed by atoms with Gasteiger partial charge in [-0.3, -0.25) is 4.79 Å². The first-order valence-corrected chi connectivity index (χ1v) is 8.38. The molecule has 2 heterocycles. The number of halogens is 1. The van der Waals surface area contributed by atoms with Crippen LogP contribution in [0, 0.1) is 5.92 Å². The van der Waals surface area contributed by atoms with Crippen LogP contribution in [0.4, 0.5) is 0 Å². The molecule has 1 aromatic heterocycles. The molecule has 2 aromatic rings. The summed E-state index contributed by atoms with van der Waals surface area (Å²) in [4.78, 5) is 15.5. The number of aromatic nitrogens is 1. The number of nitrogens with zero attached hydrogens (tertiary/aromatic N) is 2. The van der Waals surface area contributed by atoms with Gasteiger partial charge in [0.25, 0.3) is 0 Å². The van der Waals surface area contributed by atoms with Crippen molar-refractivity contribution in [3.8, 4) is 0 Å². The summed E-state index contributed by atoms with van der Waals surface area (Å²) in [6.07, 6.45) is 1.47. The van der Waals surface area contributed by atoms with E-state index in [4.69, 9.17) is 11.6 Å². The van der Waals surface area contributed by atoms with Crippen LogP contribution in [0.25, 0.3) is 10.8 Å². The molecule has 1 aromatic carbocycles. The molecule has 1 aliphatic rings. The van der Waals surface area contributed by atoms with E-state index in [2.05, 4.69) is 9.72 Å². The van der Waals surface area contributed by atoms with E-state index in [-0.39, 0.29) is 23.1 Å². The van der Waals surface area contributed by atoms with Gasteiger partial charge in [-0.15, -0.1) is 0 Å². The number of sulfonamides is 1. The van der Waals surface area contributed by atoms with E-state index in [0.29, 0.717) is 10.8 Å². The third-order valence-corrected chi connectivity index (χ3v) is 5.91. The number of carbonyl (C=O) groups excluding carboxylic acids is 1. The first kappa shape index (κ1) is 15.2. The first-order valence-electron chi connectivity index (χ1n) is 6.56. The molecule has 6 nitrogen and oxygen atoms in total. The fourth-order valence-corrected chi connectivity index (χ4v) is 4.41. The monoisotopic (exact) mass is 340 g/mol. The van der Waals surface area contributed by atoms with Gasteiger partial charge in [-0.05, 0) is 12.1 Å². The standard InChI is InChI=1S/C14H13ClN2O4S/c1-21-14(18)9-7-17(8-9)22(19,20)12-4-2-3-11-10(12)5-6-16-13(11)15/h2-6,9H,7-8H2,1H3. The molecule has 0 N–H and O–H groups in total. The molecule has 0 amide bonds. The summed E-state index contributed by atoms with van der Waals surface area (Å²) in [7, 11) is -2.39. The van der Waals surface area contributed by atoms with Crippen molar-refractivity contribution in [1.82, 2.24) is 9.29 Å². The summed E-state index contributed by atoms with van der Waals surface area (Å²) >= 11 is 6.01. The van der Waals surface area contributed by atoms with Gasteiger partial charge in [-0.2, -0.15) is 4.31 Å². The third-order valence-electron chi connectivity index (χ3n) is 3.72. The van der Waals surface area contributed by atoms with Crippen molar-refractivity contribution in [3.05, 3.63) is 35.6 Å². The number of fused-ring (bicyclic) bond motifs is 1. The summed E-state index contributed by atoms with van der Waals surface area (Å²) in [5.41, 5.74) is 0. The molecule has 0 saturated carbocycles. The summed E-state index contributed by atoms with van der Waals surface area (Å²) in [5.74, 6) is -0.795. The minimum atomic E-state index is -3.68.